The molecule has 3 rings (SSSR count). The number of carbonyl (C=O) groups excluding carboxylic acids is 2. The molecule has 6 nitrogen and oxygen atoms in total. The SMILES string of the molecule is COc1ccc(CNC(=O)c2cc(C(=O)NCCc3ccccc3)ccn2)cc1. The molecule has 0 fully saturated rings. The molecule has 2 aromatic carbocycles. The number of hydrogen-bond donors (Lipinski definition) is 2. The summed E-state index contributed by atoms with van der Waals surface area (Å²) >= 11 is 0. The van der Waals surface area contributed by atoms with Gasteiger partial charge in [-0.05, 0) is 41.8 Å². The number of hydrogen-bond acceptors (Lipinski definition) is 4. The van der Waals surface area contributed by atoms with Crippen LogP contribution in [0.5, 0.6) is 5.75 Å². The third kappa shape index (κ3) is 5.90. The molecule has 0 atom stereocenters. The van der Waals surface area contributed by atoms with Crippen LogP contribution in [0.2, 0.25) is 0 Å². The molecule has 3 aromatic rings. The highest BCUT2D eigenvalue weighted by molar-refractivity contribution is 5.98. The van der Waals surface area contributed by atoms with E-state index in [0.29, 0.717) is 18.7 Å². The lowest BCUT2D eigenvalue weighted by Gasteiger charge is -2.08. The third-order valence-corrected chi connectivity index (χ3v) is 4.41. The molecule has 0 aliphatic carbocycles. The summed E-state index contributed by atoms with van der Waals surface area (Å²) in [5.74, 6) is 0.194. The van der Waals surface area contributed by atoms with Crippen LogP contribution in [0.1, 0.15) is 32.0 Å². The van der Waals surface area contributed by atoms with Crippen molar-refractivity contribution in [1.29, 1.82) is 0 Å². The summed E-state index contributed by atoms with van der Waals surface area (Å²) in [4.78, 5) is 28.8. The van der Waals surface area contributed by atoms with Crippen molar-refractivity contribution in [2.24, 2.45) is 0 Å². The maximum atomic E-state index is 12.4. The van der Waals surface area contributed by atoms with E-state index in [1.807, 2.05) is 54.6 Å². The van der Waals surface area contributed by atoms with Crippen molar-refractivity contribution < 1.29 is 14.3 Å². The molecule has 29 heavy (non-hydrogen) atoms. The second kappa shape index (κ2) is 10.0. The summed E-state index contributed by atoms with van der Waals surface area (Å²) in [7, 11) is 1.60. The van der Waals surface area contributed by atoms with E-state index in [1.54, 1.807) is 13.2 Å². The molecule has 2 amide bonds. The van der Waals surface area contributed by atoms with Crippen LogP contribution in [0.3, 0.4) is 0 Å². The first-order valence-electron chi connectivity index (χ1n) is 9.35. The van der Waals surface area contributed by atoms with E-state index in [9.17, 15) is 9.59 Å². The van der Waals surface area contributed by atoms with Gasteiger partial charge in [-0.25, -0.2) is 0 Å². The zero-order chi connectivity index (χ0) is 20.5. The maximum Gasteiger partial charge on any atom is 0.270 e. The van der Waals surface area contributed by atoms with E-state index in [-0.39, 0.29) is 17.5 Å². The molecule has 0 saturated carbocycles. The molecule has 148 valence electrons. The van der Waals surface area contributed by atoms with Crippen molar-refractivity contribution >= 4 is 11.8 Å². The lowest BCUT2D eigenvalue weighted by atomic mass is 10.1. The van der Waals surface area contributed by atoms with Gasteiger partial charge in [0.25, 0.3) is 11.8 Å². The first-order chi connectivity index (χ1) is 14.2. The smallest absolute Gasteiger partial charge is 0.270 e. The Balaban J connectivity index is 1.53. The van der Waals surface area contributed by atoms with E-state index >= 15 is 0 Å². The Morgan fingerprint density at radius 1 is 0.897 bits per heavy atom. The molecule has 0 unspecified atom stereocenters. The Kier molecular flexibility index (Phi) is 6.95. The average Bonchev–Trinajstić information content (AvgIpc) is 2.78. The van der Waals surface area contributed by atoms with Crippen molar-refractivity contribution in [2.75, 3.05) is 13.7 Å². The van der Waals surface area contributed by atoms with Gasteiger partial charge in [-0.2, -0.15) is 0 Å². The molecular formula is C23H23N3O3. The van der Waals surface area contributed by atoms with Crippen LogP contribution in [-0.4, -0.2) is 30.5 Å². The topological polar surface area (TPSA) is 80.3 Å². The fourth-order valence-electron chi connectivity index (χ4n) is 2.78. The number of ether oxygens (including phenoxy) is 1. The molecule has 1 heterocycles. The maximum absolute atomic E-state index is 12.4. The zero-order valence-corrected chi connectivity index (χ0v) is 16.2. The molecular weight excluding hydrogens is 366 g/mol. The van der Waals surface area contributed by atoms with Gasteiger partial charge < -0.3 is 15.4 Å². The largest absolute Gasteiger partial charge is 0.497 e. The summed E-state index contributed by atoms with van der Waals surface area (Å²) in [5, 5.41) is 5.68. The van der Waals surface area contributed by atoms with Gasteiger partial charge in [-0.15, -0.1) is 0 Å². The van der Waals surface area contributed by atoms with Crippen LogP contribution < -0.4 is 15.4 Å². The number of methoxy groups -OCH3 is 1. The molecule has 0 aliphatic heterocycles. The highest BCUT2D eigenvalue weighted by atomic mass is 16.5. The summed E-state index contributed by atoms with van der Waals surface area (Å²) in [6, 6.07) is 20.5. The molecule has 6 heteroatoms. The Morgan fingerprint density at radius 2 is 1.66 bits per heavy atom. The van der Waals surface area contributed by atoms with Gasteiger partial charge in [-0.3, -0.25) is 14.6 Å². The summed E-state index contributed by atoms with van der Waals surface area (Å²) in [6.45, 7) is 0.877. The highest BCUT2D eigenvalue weighted by Gasteiger charge is 2.11. The Bertz CT molecular complexity index is 957. The first-order valence-corrected chi connectivity index (χ1v) is 9.35. The summed E-state index contributed by atoms with van der Waals surface area (Å²) in [5.41, 5.74) is 2.70. The first kappa shape index (κ1) is 20.1. The van der Waals surface area contributed by atoms with Gasteiger partial charge in [0.2, 0.25) is 0 Å². The van der Waals surface area contributed by atoms with E-state index in [1.165, 1.54) is 12.3 Å². The number of carbonyl (C=O) groups is 2. The minimum Gasteiger partial charge on any atom is -0.497 e. The number of rotatable bonds is 8. The highest BCUT2D eigenvalue weighted by Crippen LogP contribution is 2.11. The molecule has 0 aliphatic rings. The normalized spacial score (nSPS) is 10.2. The van der Waals surface area contributed by atoms with Gasteiger partial charge in [0, 0.05) is 24.8 Å². The predicted octanol–water partition coefficient (Wildman–Crippen LogP) is 2.99. The number of nitrogens with zero attached hydrogens (tertiary/aromatic N) is 1. The Morgan fingerprint density at radius 3 is 2.38 bits per heavy atom. The van der Waals surface area contributed by atoms with Gasteiger partial charge in [0.1, 0.15) is 11.4 Å². The van der Waals surface area contributed by atoms with Gasteiger partial charge in [-0.1, -0.05) is 42.5 Å². The minimum atomic E-state index is -0.334. The number of aromatic nitrogens is 1. The van der Waals surface area contributed by atoms with E-state index in [0.717, 1.165) is 23.3 Å². The molecule has 0 radical (unpaired) electrons. The van der Waals surface area contributed by atoms with Crippen LogP contribution in [0.4, 0.5) is 0 Å². The number of nitrogens with one attached hydrogen (secondary N) is 2. The van der Waals surface area contributed by atoms with Gasteiger partial charge in [0.05, 0.1) is 7.11 Å². The van der Waals surface area contributed by atoms with Crippen LogP contribution in [0.15, 0.2) is 72.9 Å². The monoisotopic (exact) mass is 389 g/mol. The average molecular weight is 389 g/mol. The van der Waals surface area contributed by atoms with Gasteiger partial charge in [0.15, 0.2) is 0 Å². The number of amides is 2. The van der Waals surface area contributed by atoms with Crippen molar-refractivity contribution in [3.05, 3.63) is 95.3 Å². The van der Waals surface area contributed by atoms with Crippen LogP contribution in [0, 0.1) is 0 Å². The van der Waals surface area contributed by atoms with Crippen LogP contribution in [-0.2, 0) is 13.0 Å². The van der Waals surface area contributed by atoms with Crippen molar-refractivity contribution in [1.82, 2.24) is 15.6 Å². The van der Waals surface area contributed by atoms with E-state index in [4.69, 9.17) is 4.74 Å². The molecule has 2 N–H and O–H groups in total. The standard InChI is InChI=1S/C23H23N3O3/c1-29-20-9-7-18(8-10-20)16-26-23(28)21-15-19(12-14-24-21)22(27)25-13-11-17-5-3-2-4-6-17/h2-10,12,14-15H,11,13,16H2,1H3,(H,25,27)(H,26,28). The van der Waals surface area contributed by atoms with Crippen molar-refractivity contribution in [3.8, 4) is 5.75 Å². The second-order valence-corrected chi connectivity index (χ2v) is 6.45. The minimum absolute atomic E-state index is 0.203. The molecule has 0 spiro atoms. The quantitative estimate of drug-likeness (QED) is 0.621. The summed E-state index contributed by atoms with van der Waals surface area (Å²) < 4.78 is 5.12. The van der Waals surface area contributed by atoms with E-state index < -0.39 is 0 Å². The fourth-order valence-corrected chi connectivity index (χ4v) is 2.78. The summed E-state index contributed by atoms with van der Waals surface area (Å²) in [6.07, 6.45) is 2.21. The Labute approximate surface area is 169 Å². The number of pyridine rings is 1. The predicted molar refractivity (Wildman–Crippen MR) is 111 cm³/mol. The molecule has 0 bridgehead atoms. The zero-order valence-electron chi connectivity index (χ0n) is 16.2. The molecule has 0 saturated heterocycles. The fraction of sp³-hybridized carbons (Fsp3) is 0.174. The lowest BCUT2D eigenvalue weighted by molar-refractivity contribution is 0.0946. The van der Waals surface area contributed by atoms with Crippen molar-refractivity contribution in [2.45, 2.75) is 13.0 Å². The van der Waals surface area contributed by atoms with Crippen molar-refractivity contribution in [3.63, 3.8) is 0 Å². The van der Waals surface area contributed by atoms with Crippen LogP contribution in [0.25, 0.3) is 0 Å². The third-order valence-electron chi connectivity index (χ3n) is 4.41. The molecule has 1 aromatic heterocycles. The second-order valence-electron chi connectivity index (χ2n) is 6.45. The van der Waals surface area contributed by atoms with Crippen LogP contribution >= 0.6 is 0 Å². The van der Waals surface area contributed by atoms with E-state index in [2.05, 4.69) is 15.6 Å². The number of benzene rings is 2. The lowest BCUT2D eigenvalue weighted by Crippen LogP contribution is -2.27. The Hall–Kier alpha value is -3.67. The van der Waals surface area contributed by atoms with Gasteiger partial charge >= 0.3 is 0 Å².